The fourth-order valence-corrected chi connectivity index (χ4v) is 1.56. The number of nitrogens with zero attached hydrogens (tertiary/aromatic N) is 3. The van der Waals surface area contributed by atoms with Crippen LogP contribution >= 0.6 is 0 Å². The zero-order valence-corrected chi connectivity index (χ0v) is 9.77. The topological polar surface area (TPSA) is 85.3 Å². The Bertz CT molecular complexity index is 553. The van der Waals surface area contributed by atoms with Crippen LogP contribution in [0.1, 0.15) is 19.3 Å². The fraction of sp³-hybridized carbons (Fsp3) is 0.364. The first-order valence-corrected chi connectivity index (χ1v) is 5.69. The van der Waals surface area contributed by atoms with E-state index in [0.717, 1.165) is 12.8 Å². The Kier molecular flexibility index (Phi) is 3.71. The summed E-state index contributed by atoms with van der Waals surface area (Å²) in [5.41, 5.74) is 5.61. The van der Waals surface area contributed by atoms with Crippen LogP contribution in [0.2, 0.25) is 0 Å². The van der Waals surface area contributed by atoms with E-state index in [1.165, 1.54) is 16.8 Å². The maximum Gasteiger partial charge on any atom is 0.243 e. The van der Waals surface area contributed by atoms with Crippen LogP contribution in [0.5, 0.6) is 0 Å². The minimum Gasteiger partial charge on any atom is -0.370 e. The van der Waals surface area contributed by atoms with Crippen molar-refractivity contribution in [2.75, 3.05) is 11.9 Å². The molecule has 2 rings (SSSR count). The summed E-state index contributed by atoms with van der Waals surface area (Å²) >= 11 is 0. The molecule has 0 aromatic carbocycles. The molecule has 6 nitrogen and oxygen atoms in total. The van der Waals surface area contributed by atoms with Crippen molar-refractivity contribution in [2.24, 2.45) is 5.73 Å². The molecule has 0 radical (unpaired) electrons. The molecule has 0 atom stereocenters. The quantitative estimate of drug-likeness (QED) is 0.748. The summed E-state index contributed by atoms with van der Waals surface area (Å²) in [6.07, 6.45) is 3.17. The zero-order valence-electron chi connectivity index (χ0n) is 9.77. The molecule has 0 saturated carbocycles. The third-order valence-electron chi connectivity index (χ3n) is 2.43. The van der Waals surface area contributed by atoms with Crippen LogP contribution in [0, 0.1) is 5.82 Å². The fourth-order valence-electron chi connectivity index (χ4n) is 1.56. The molecule has 0 aliphatic rings. The summed E-state index contributed by atoms with van der Waals surface area (Å²) in [6.45, 7) is 0.645. The number of carbonyl (C=O) groups is 1. The number of hydrogen-bond acceptors (Lipinski definition) is 4. The van der Waals surface area contributed by atoms with Crippen molar-refractivity contribution >= 4 is 17.5 Å². The molecule has 2 heterocycles. The third-order valence-corrected chi connectivity index (χ3v) is 2.43. The number of fused-ring (bicyclic) bond motifs is 1. The zero-order chi connectivity index (χ0) is 13.0. The highest BCUT2D eigenvalue weighted by molar-refractivity contribution is 5.73. The molecule has 0 aliphatic carbocycles. The normalized spacial score (nSPS) is 10.7. The van der Waals surface area contributed by atoms with Gasteiger partial charge in [-0.15, -0.1) is 5.10 Å². The first-order valence-electron chi connectivity index (χ1n) is 5.69. The predicted molar refractivity (Wildman–Crippen MR) is 64.5 cm³/mol. The highest BCUT2D eigenvalue weighted by atomic mass is 19.1. The summed E-state index contributed by atoms with van der Waals surface area (Å²) in [7, 11) is 0. The second kappa shape index (κ2) is 5.44. The Morgan fingerprint density at radius 3 is 3.06 bits per heavy atom. The smallest absolute Gasteiger partial charge is 0.243 e. The van der Waals surface area contributed by atoms with E-state index in [1.807, 2.05) is 0 Å². The Morgan fingerprint density at radius 1 is 1.44 bits per heavy atom. The summed E-state index contributed by atoms with van der Waals surface area (Å²) in [5.74, 6) is -0.212. The number of hydrogen-bond donors (Lipinski definition) is 2. The SMILES string of the molecule is NC(=O)CCCCNc1nc2ccc(F)cn2n1. The molecule has 0 aliphatic heterocycles. The van der Waals surface area contributed by atoms with Crippen molar-refractivity contribution in [3.05, 3.63) is 24.1 Å². The maximum atomic E-state index is 12.9. The van der Waals surface area contributed by atoms with Crippen molar-refractivity contribution in [1.82, 2.24) is 14.6 Å². The number of nitrogens with two attached hydrogens (primary N) is 1. The van der Waals surface area contributed by atoms with E-state index < -0.39 is 0 Å². The van der Waals surface area contributed by atoms with Gasteiger partial charge in [0.05, 0.1) is 6.20 Å². The second-order valence-electron chi connectivity index (χ2n) is 3.94. The van der Waals surface area contributed by atoms with Crippen LogP contribution < -0.4 is 11.1 Å². The molecular weight excluding hydrogens is 237 g/mol. The summed E-state index contributed by atoms with van der Waals surface area (Å²) in [5, 5.41) is 7.08. The van der Waals surface area contributed by atoms with Crippen LogP contribution in [0.25, 0.3) is 5.65 Å². The van der Waals surface area contributed by atoms with Crippen molar-refractivity contribution in [1.29, 1.82) is 0 Å². The van der Waals surface area contributed by atoms with Crippen molar-refractivity contribution in [3.8, 4) is 0 Å². The Hall–Kier alpha value is -2.18. The molecule has 1 amide bonds. The predicted octanol–water partition coefficient (Wildman–Crippen LogP) is 0.936. The molecule has 96 valence electrons. The first-order chi connectivity index (χ1) is 8.65. The lowest BCUT2D eigenvalue weighted by Gasteiger charge is -1.99. The third kappa shape index (κ3) is 3.16. The average Bonchev–Trinajstić information content (AvgIpc) is 2.70. The maximum absolute atomic E-state index is 12.9. The Balaban J connectivity index is 1.86. The van der Waals surface area contributed by atoms with Crippen molar-refractivity contribution in [3.63, 3.8) is 0 Å². The highest BCUT2D eigenvalue weighted by Gasteiger charge is 2.03. The van der Waals surface area contributed by atoms with Gasteiger partial charge in [-0.25, -0.2) is 8.91 Å². The van der Waals surface area contributed by atoms with Gasteiger partial charge in [0, 0.05) is 13.0 Å². The van der Waals surface area contributed by atoms with E-state index in [9.17, 15) is 9.18 Å². The molecule has 2 aromatic rings. The van der Waals surface area contributed by atoms with Crippen LogP contribution in [0.4, 0.5) is 10.3 Å². The van der Waals surface area contributed by atoms with E-state index in [1.54, 1.807) is 6.07 Å². The number of primary amides is 1. The number of anilines is 1. The number of aromatic nitrogens is 3. The number of halogens is 1. The van der Waals surface area contributed by atoms with Gasteiger partial charge in [0.2, 0.25) is 11.9 Å². The molecule has 0 saturated heterocycles. The van der Waals surface area contributed by atoms with Crippen LogP contribution in [-0.4, -0.2) is 27.0 Å². The molecule has 18 heavy (non-hydrogen) atoms. The molecular formula is C11H14FN5O. The minimum absolute atomic E-state index is 0.295. The summed E-state index contributed by atoms with van der Waals surface area (Å²) in [4.78, 5) is 14.7. The van der Waals surface area contributed by atoms with Crippen molar-refractivity contribution in [2.45, 2.75) is 19.3 Å². The molecule has 0 spiro atoms. The Labute approximate surface area is 103 Å². The summed E-state index contributed by atoms with van der Waals surface area (Å²) in [6, 6.07) is 2.89. The van der Waals surface area contributed by atoms with Gasteiger partial charge in [0.15, 0.2) is 5.65 Å². The van der Waals surface area contributed by atoms with Gasteiger partial charge in [-0.1, -0.05) is 0 Å². The molecule has 0 fully saturated rings. The lowest BCUT2D eigenvalue weighted by molar-refractivity contribution is -0.118. The van der Waals surface area contributed by atoms with E-state index in [0.29, 0.717) is 24.6 Å². The molecule has 2 aromatic heterocycles. The van der Waals surface area contributed by atoms with Crippen LogP contribution in [-0.2, 0) is 4.79 Å². The van der Waals surface area contributed by atoms with Gasteiger partial charge in [-0.2, -0.15) is 4.98 Å². The van der Waals surface area contributed by atoms with Crippen LogP contribution in [0.3, 0.4) is 0 Å². The van der Waals surface area contributed by atoms with Crippen LogP contribution in [0.15, 0.2) is 18.3 Å². The molecule has 0 unspecified atom stereocenters. The van der Waals surface area contributed by atoms with Crippen molar-refractivity contribution < 1.29 is 9.18 Å². The molecule has 3 N–H and O–H groups in total. The number of carbonyl (C=O) groups excluding carboxylic acids is 1. The van der Waals surface area contributed by atoms with Gasteiger partial charge in [-0.3, -0.25) is 4.79 Å². The number of amides is 1. The van der Waals surface area contributed by atoms with Gasteiger partial charge in [0.1, 0.15) is 5.82 Å². The summed E-state index contributed by atoms with van der Waals surface area (Å²) < 4.78 is 14.3. The lowest BCUT2D eigenvalue weighted by atomic mass is 10.2. The number of nitrogens with one attached hydrogen (secondary N) is 1. The Morgan fingerprint density at radius 2 is 2.28 bits per heavy atom. The van der Waals surface area contributed by atoms with Gasteiger partial charge >= 0.3 is 0 Å². The molecule has 7 heteroatoms. The van der Waals surface area contributed by atoms with E-state index >= 15 is 0 Å². The number of rotatable bonds is 6. The second-order valence-corrected chi connectivity index (χ2v) is 3.94. The number of pyridine rings is 1. The average molecular weight is 251 g/mol. The highest BCUT2D eigenvalue weighted by Crippen LogP contribution is 2.07. The van der Waals surface area contributed by atoms with Gasteiger partial charge in [0.25, 0.3) is 0 Å². The number of unbranched alkanes of at least 4 members (excludes halogenated alkanes) is 1. The van der Waals surface area contributed by atoms with E-state index in [4.69, 9.17) is 5.73 Å². The first kappa shape index (κ1) is 12.3. The largest absolute Gasteiger partial charge is 0.370 e. The minimum atomic E-state index is -0.361. The monoisotopic (exact) mass is 251 g/mol. The van der Waals surface area contributed by atoms with Gasteiger partial charge < -0.3 is 11.1 Å². The molecule has 0 bridgehead atoms. The standard InChI is InChI=1S/C11H14FN5O/c12-8-4-5-10-15-11(16-17(10)7-8)14-6-2-1-3-9(13)18/h4-5,7H,1-3,6H2,(H2,13,18)(H,14,16). The van der Waals surface area contributed by atoms with Gasteiger partial charge in [-0.05, 0) is 25.0 Å². The van der Waals surface area contributed by atoms with E-state index in [-0.39, 0.29) is 11.7 Å². The van der Waals surface area contributed by atoms with E-state index in [2.05, 4.69) is 15.4 Å². The lowest BCUT2D eigenvalue weighted by Crippen LogP contribution is -2.11.